The molecule has 0 amide bonds. The monoisotopic (exact) mass is 292 g/mol. The fourth-order valence-electron chi connectivity index (χ4n) is 3.65. The van der Waals surface area contributed by atoms with Gasteiger partial charge in [0.05, 0.1) is 12.5 Å². The molecular weight excluding hydrogens is 268 g/mol. The summed E-state index contributed by atoms with van der Waals surface area (Å²) in [5, 5.41) is 21.2. The van der Waals surface area contributed by atoms with Gasteiger partial charge in [-0.05, 0) is 38.1 Å². The average Bonchev–Trinajstić information content (AvgIpc) is 2.91. The van der Waals surface area contributed by atoms with Crippen molar-refractivity contribution in [1.29, 1.82) is 0 Å². The Morgan fingerprint density at radius 1 is 1.24 bits per heavy atom. The Morgan fingerprint density at radius 2 is 2.10 bits per heavy atom. The Hall–Kier alpha value is -1.43. The van der Waals surface area contributed by atoms with Crippen LogP contribution in [0.4, 0.5) is 0 Å². The summed E-state index contributed by atoms with van der Waals surface area (Å²) >= 11 is 0. The maximum atomic E-state index is 11.3. The highest BCUT2D eigenvalue weighted by Crippen LogP contribution is 2.29. The lowest BCUT2D eigenvalue weighted by Gasteiger charge is -2.28. The molecule has 2 N–H and O–H groups in total. The molecule has 1 aliphatic carbocycles. The van der Waals surface area contributed by atoms with E-state index in [2.05, 4.69) is 20.1 Å². The van der Waals surface area contributed by atoms with Crippen molar-refractivity contribution in [3.63, 3.8) is 0 Å². The zero-order valence-corrected chi connectivity index (χ0v) is 12.4. The number of carboxylic acid groups (broad SMARTS) is 1. The highest BCUT2D eigenvalue weighted by molar-refractivity contribution is 5.70. The van der Waals surface area contributed by atoms with E-state index >= 15 is 0 Å². The van der Waals surface area contributed by atoms with Gasteiger partial charge in [-0.3, -0.25) is 4.79 Å². The normalized spacial score (nSPS) is 25.5. The second-order valence-corrected chi connectivity index (χ2v) is 6.26. The number of hydrogen-bond acceptors (Lipinski definition) is 4. The number of aliphatic carboxylic acids is 1. The summed E-state index contributed by atoms with van der Waals surface area (Å²) in [5.74, 6) is 1.52. The number of aryl methyl sites for hydroxylation is 1. The second kappa shape index (κ2) is 6.56. The highest BCUT2D eigenvalue weighted by atomic mass is 16.4. The number of hydrogen-bond donors (Lipinski definition) is 2. The van der Waals surface area contributed by atoms with Crippen LogP contribution in [0.5, 0.6) is 0 Å². The van der Waals surface area contributed by atoms with Gasteiger partial charge in [-0.2, -0.15) is 0 Å². The van der Waals surface area contributed by atoms with Crippen LogP contribution < -0.4 is 5.32 Å². The number of aromatic nitrogens is 3. The molecule has 1 aromatic heterocycles. The SMILES string of the molecule is O=C(O)C1CCCCC1CNCc1nnc2n1CCCC2. The van der Waals surface area contributed by atoms with E-state index in [9.17, 15) is 9.90 Å². The third kappa shape index (κ3) is 3.26. The number of nitrogens with zero attached hydrogens (tertiary/aromatic N) is 3. The Bertz CT molecular complexity index is 500. The van der Waals surface area contributed by atoms with Gasteiger partial charge in [0.15, 0.2) is 0 Å². The van der Waals surface area contributed by atoms with Gasteiger partial charge in [0.25, 0.3) is 0 Å². The highest BCUT2D eigenvalue weighted by Gasteiger charge is 2.30. The standard InChI is InChI=1S/C15H24N4O2/c20-15(21)12-6-2-1-5-11(12)9-16-10-14-18-17-13-7-3-4-8-19(13)14/h11-12,16H,1-10H2,(H,20,21). The molecule has 2 aliphatic rings. The summed E-state index contributed by atoms with van der Waals surface area (Å²) in [6, 6.07) is 0. The molecule has 0 radical (unpaired) electrons. The van der Waals surface area contributed by atoms with E-state index < -0.39 is 5.97 Å². The predicted octanol–water partition coefficient (Wildman–Crippen LogP) is 1.59. The van der Waals surface area contributed by atoms with E-state index in [0.29, 0.717) is 6.54 Å². The van der Waals surface area contributed by atoms with Crippen molar-refractivity contribution < 1.29 is 9.90 Å². The molecule has 0 spiro atoms. The lowest BCUT2D eigenvalue weighted by molar-refractivity contribution is -0.144. The van der Waals surface area contributed by atoms with Crippen molar-refractivity contribution in [2.24, 2.45) is 11.8 Å². The minimum atomic E-state index is -0.638. The lowest BCUT2D eigenvalue weighted by Crippen LogP contribution is -2.35. The molecule has 3 rings (SSSR count). The summed E-state index contributed by atoms with van der Waals surface area (Å²) in [6.45, 7) is 2.47. The molecule has 21 heavy (non-hydrogen) atoms. The summed E-state index contributed by atoms with van der Waals surface area (Å²) in [6.07, 6.45) is 7.46. The molecule has 116 valence electrons. The zero-order valence-electron chi connectivity index (χ0n) is 12.4. The third-order valence-corrected chi connectivity index (χ3v) is 4.85. The van der Waals surface area contributed by atoms with Gasteiger partial charge in [-0.15, -0.1) is 10.2 Å². The number of rotatable bonds is 5. The van der Waals surface area contributed by atoms with Crippen LogP contribution in [0.1, 0.15) is 50.2 Å². The van der Waals surface area contributed by atoms with Crippen molar-refractivity contribution in [1.82, 2.24) is 20.1 Å². The first kappa shape index (κ1) is 14.5. The molecule has 2 atom stereocenters. The van der Waals surface area contributed by atoms with Crippen LogP contribution in [0.25, 0.3) is 0 Å². The first-order valence-electron chi connectivity index (χ1n) is 8.10. The molecule has 2 unspecified atom stereocenters. The van der Waals surface area contributed by atoms with Gasteiger partial charge >= 0.3 is 5.97 Å². The second-order valence-electron chi connectivity index (χ2n) is 6.26. The molecule has 0 bridgehead atoms. The topological polar surface area (TPSA) is 80.0 Å². The Labute approximate surface area is 124 Å². The fraction of sp³-hybridized carbons (Fsp3) is 0.800. The van der Waals surface area contributed by atoms with E-state index in [0.717, 1.165) is 56.8 Å². The zero-order chi connectivity index (χ0) is 14.7. The van der Waals surface area contributed by atoms with Gasteiger partial charge in [0, 0.05) is 13.0 Å². The smallest absolute Gasteiger partial charge is 0.306 e. The van der Waals surface area contributed by atoms with Crippen LogP contribution in [0.2, 0.25) is 0 Å². The van der Waals surface area contributed by atoms with E-state index in [1.165, 1.54) is 12.8 Å². The van der Waals surface area contributed by atoms with Crippen LogP contribution in [-0.2, 0) is 24.3 Å². The Kier molecular flexibility index (Phi) is 4.53. The summed E-state index contributed by atoms with van der Waals surface area (Å²) < 4.78 is 2.21. The maximum Gasteiger partial charge on any atom is 0.306 e. The molecule has 0 saturated heterocycles. The summed E-state index contributed by atoms with van der Waals surface area (Å²) in [7, 11) is 0. The van der Waals surface area contributed by atoms with Gasteiger partial charge in [0.1, 0.15) is 11.6 Å². The first-order chi connectivity index (χ1) is 10.3. The van der Waals surface area contributed by atoms with Gasteiger partial charge < -0.3 is 15.0 Å². The van der Waals surface area contributed by atoms with Gasteiger partial charge in [-0.1, -0.05) is 12.8 Å². The molecule has 6 heteroatoms. The number of carboxylic acids is 1. The molecule has 0 aromatic carbocycles. The summed E-state index contributed by atoms with van der Waals surface area (Å²) in [4.78, 5) is 11.3. The minimum absolute atomic E-state index is 0.182. The van der Waals surface area contributed by atoms with E-state index in [-0.39, 0.29) is 11.8 Å². The van der Waals surface area contributed by atoms with Crippen molar-refractivity contribution in [3.05, 3.63) is 11.6 Å². The quantitative estimate of drug-likeness (QED) is 0.861. The maximum absolute atomic E-state index is 11.3. The largest absolute Gasteiger partial charge is 0.481 e. The fourth-order valence-corrected chi connectivity index (χ4v) is 3.65. The van der Waals surface area contributed by atoms with Gasteiger partial charge in [0.2, 0.25) is 0 Å². The minimum Gasteiger partial charge on any atom is -0.481 e. The molecule has 1 aliphatic heterocycles. The van der Waals surface area contributed by atoms with Crippen LogP contribution >= 0.6 is 0 Å². The molecule has 1 fully saturated rings. The predicted molar refractivity (Wildman–Crippen MR) is 77.8 cm³/mol. The Morgan fingerprint density at radius 3 is 2.95 bits per heavy atom. The Balaban J connectivity index is 1.53. The van der Waals surface area contributed by atoms with Gasteiger partial charge in [-0.25, -0.2) is 0 Å². The molecule has 6 nitrogen and oxygen atoms in total. The molecule has 1 aromatic rings. The molecule has 1 saturated carbocycles. The number of fused-ring (bicyclic) bond motifs is 1. The molecule has 2 heterocycles. The van der Waals surface area contributed by atoms with Crippen LogP contribution in [0.3, 0.4) is 0 Å². The summed E-state index contributed by atoms with van der Waals surface area (Å²) in [5.41, 5.74) is 0. The third-order valence-electron chi connectivity index (χ3n) is 4.85. The lowest BCUT2D eigenvalue weighted by atomic mass is 9.79. The van der Waals surface area contributed by atoms with E-state index in [1.807, 2.05) is 0 Å². The molecular formula is C15H24N4O2. The van der Waals surface area contributed by atoms with E-state index in [4.69, 9.17) is 0 Å². The number of nitrogens with one attached hydrogen (secondary N) is 1. The average molecular weight is 292 g/mol. The van der Waals surface area contributed by atoms with Crippen LogP contribution in [0.15, 0.2) is 0 Å². The van der Waals surface area contributed by atoms with Crippen molar-refractivity contribution in [3.8, 4) is 0 Å². The van der Waals surface area contributed by atoms with E-state index in [1.54, 1.807) is 0 Å². The van der Waals surface area contributed by atoms with Crippen LogP contribution in [-0.4, -0.2) is 32.4 Å². The van der Waals surface area contributed by atoms with Crippen LogP contribution in [0, 0.1) is 11.8 Å². The first-order valence-corrected chi connectivity index (χ1v) is 8.10. The van der Waals surface area contributed by atoms with Crippen molar-refractivity contribution in [2.45, 2.75) is 58.0 Å². The number of carbonyl (C=O) groups is 1. The van der Waals surface area contributed by atoms with Crippen molar-refractivity contribution in [2.75, 3.05) is 6.54 Å². The van der Waals surface area contributed by atoms with Crippen molar-refractivity contribution >= 4 is 5.97 Å².